The van der Waals surface area contributed by atoms with Crippen molar-refractivity contribution in [3.05, 3.63) is 53.4 Å². The fourth-order valence-electron chi connectivity index (χ4n) is 4.37. The van der Waals surface area contributed by atoms with Crippen LogP contribution in [0.2, 0.25) is 0 Å². The molecule has 2 aliphatic heterocycles. The molecule has 1 saturated carbocycles. The molecule has 5 rings (SSSR count). The maximum Gasteiger partial charge on any atom is 0.344 e. The lowest BCUT2D eigenvalue weighted by Gasteiger charge is -2.30. The predicted molar refractivity (Wildman–Crippen MR) is 97.4 cm³/mol. The van der Waals surface area contributed by atoms with E-state index in [4.69, 9.17) is 15.1 Å². The number of benzene rings is 1. The van der Waals surface area contributed by atoms with Crippen molar-refractivity contribution in [2.24, 2.45) is 5.73 Å². The van der Waals surface area contributed by atoms with Gasteiger partial charge in [0.1, 0.15) is 18.1 Å². The Balaban J connectivity index is 1.26. The first kappa shape index (κ1) is 16.8. The maximum absolute atomic E-state index is 12.9. The number of fused-ring (bicyclic) bond motifs is 2. The van der Waals surface area contributed by atoms with Crippen LogP contribution < -0.4 is 5.73 Å². The van der Waals surface area contributed by atoms with Crippen LogP contribution in [-0.2, 0) is 11.4 Å². The second-order valence-corrected chi connectivity index (χ2v) is 7.85. The van der Waals surface area contributed by atoms with Gasteiger partial charge in [-0.3, -0.25) is 4.84 Å². The highest BCUT2D eigenvalue weighted by atomic mass is 16.7. The van der Waals surface area contributed by atoms with Crippen LogP contribution in [0.3, 0.4) is 0 Å². The number of nitrogens with zero attached hydrogens (tertiary/aromatic N) is 3. The summed E-state index contributed by atoms with van der Waals surface area (Å²) in [6.07, 6.45) is 3.67. The summed E-state index contributed by atoms with van der Waals surface area (Å²) in [5.74, 6) is 1.27. The van der Waals surface area contributed by atoms with Crippen molar-refractivity contribution >= 4 is 6.03 Å². The molecule has 2 bridgehead atoms. The largest absolute Gasteiger partial charge is 0.361 e. The quantitative estimate of drug-likeness (QED) is 0.877. The molecule has 1 aromatic carbocycles. The highest BCUT2D eigenvalue weighted by molar-refractivity contribution is 5.77. The van der Waals surface area contributed by atoms with Gasteiger partial charge in [-0.05, 0) is 31.2 Å². The minimum Gasteiger partial charge on any atom is -0.361 e. The van der Waals surface area contributed by atoms with Crippen molar-refractivity contribution < 1.29 is 14.2 Å². The number of hydroxylamine groups is 2. The van der Waals surface area contributed by atoms with Gasteiger partial charge in [0, 0.05) is 24.6 Å². The summed E-state index contributed by atoms with van der Waals surface area (Å²) in [6.45, 7) is 1.08. The van der Waals surface area contributed by atoms with Gasteiger partial charge in [0.25, 0.3) is 0 Å². The number of carbonyl (C=O) groups excluding carboxylic acids is 1. The number of hydrogen-bond donors (Lipinski definition) is 1. The molecule has 142 valence electrons. The number of aromatic nitrogens is 1. The molecule has 0 unspecified atom stereocenters. The van der Waals surface area contributed by atoms with Crippen LogP contribution in [0, 0.1) is 0 Å². The van der Waals surface area contributed by atoms with E-state index in [9.17, 15) is 4.79 Å². The molecule has 2 aromatic rings. The molecule has 1 aromatic heterocycles. The van der Waals surface area contributed by atoms with E-state index in [1.165, 1.54) is 0 Å². The summed E-state index contributed by atoms with van der Waals surface area (Å²) in [4.78, 5) is 20.6. The normalized spacial score (nSPS) is 29.9. The maximum atomic E-state index is 12.9. The molecule has 2 atom stereocenters. The number of piperidine rings is 1. The van der Waals surface area contributed by atoms with Crippen molar-refractivity contribution in [3.63, 3.8) is 0 Å². The molecule has 3 fully saturated rings. The van der Waals surface area contributed by atoms with Gasteiger partial charge in [0.2, 0.25) is 0 Å². The van der Waals surface area contributed by atoms with Gasteiger partial charge in [-0.2, -0.15) is 5.06 Å². The van der Waals surface area contributed by atoms with Gasteiger partial charge in [-0.25, -0.2) is 4.79 Å². The summed E-state index contributed by atoms with van der Waals surface area (Å²) < 4.78 is 5.56. The van der Waals surface area contributed by atoms with Crippen molar-refractivity contribution in [2.45, 2.75) is 56.3 Å². The van der Waals surface area contributed by atoms with Crippen LogP contribution in [0.25, 0.3) is 0 Å². The summed E-state index contributed by atoms with van der Waals surface area (Å²) in [6, 6.07) is 12.2. The third-order valence-electron chi connectivity index (χ3n) is 6.00. The first-order valence-corrected chi connectivity index (χ1v) is 9.68. The summed E-state index contributed by atoms with van der Waals surface area (Å²) in [7, 11) is 0. The van der Waals surface area contributed by atoms with Gasteiger partial charge in [0.15, 0.2) is 0 Å². The van der Waals surface area contributed by atoms with Crippen LogP contribution >= 0.6 is 0 Å². The van der Waals surface area contributed by atoms with Crippen LogP contribution in [0.5, 0.6) is 0 Å². The summed E-state index contributed by atoms with van der Waals surface area (Å²) in [5.41, 5.74) is 7.78. The van der Waals surface area contributed by atoms with Gasteiger partial charge in [-0.15, -0.1) is 0 Å². The highest BCUT2D eigenvalue weighted by Crippen LogP contribution is 2.41. The lowest BCUT2D eigenvalue weighted by molar-refractivity contribution is -0.140. The summed E-state index contributed by atoms with van der Waals surface area (Å²) in [5, 5.41) is 5.82. The highest BCUT2D eigenvalue weighted by Gasteiger charge is 2.47. The van der Waals surface area contributed by atoms with Crippen LogP contribution in [0.1, 0.15) is 54.7 Å². The Morgan fingerprint density at radius 1 is 1.22 bits per heavy atom. The molecule has 2 amide bonds. The molecule has 7 heteroatoms. The zero-order chi connectivity index (χ0) is 18.4. The molecule has 1 aliphatic carbocycles. The Morgan fingerprint density at radius 2 is 2.04 bits per heavy atom. The standard InChI is InChI=1S/C20H24N4O3/c21-15-8-14(9-15)19-10-17(22-27-19)18-7-6-16-11-23(18)20(25)24(16)26-12-13-4-2-1-3-5-13/h1-5,10,14-16,18H,6-9,11-12,21H2/t14-,15+,16-,18+/m1/s1. The van der Waals surface area contributed by atoms with E-state index in [0.717, 1.165) is 42.7 Å². The molecule has 2 saturated heterocycles. The zero-order valence-electron chi connectivity index (χ0n) is 15.2. The van der Waals surface area contributed by atoms with Crippen molar-refractivity contribution in [1.82, 2.24) is 15.1 Å². The molecule has 27 heavy (non-hydrogen) atoms. The third kappa shape index (κ3) is 3.00. The number of rotatable bonds is 5. The zero-order valence-corrected chi connectivity index (χ0v) is 15.2. The molecule has 0 radical (unpaired) electrons. The Kier molecular flexibility index (Phi) is 4.13. The van der Waals surface area contributed by atoms with E-state index in [1.807, 2.05) is 41.3 Å². The average molecular weight is 368 g/mol. The minimum atomic E-state index is -0.0753. The van der Waals surface area contributed by atoms with Gasteiger partial charge in [0.05, 0.1) is 12.1 Å². The Bertz CT molecular complexity index is 818. The van der Waals surface area contributed by atoms with Crippen LogP contribution in [0.15, 0.2) is 40.9 Å². The van der Waals surface area contributed by atoms with E-state index in [0.29, 0.717) is 19.1 Å². The lowest BCUT2D eigenvalue weighted by Crippen LogP contribution is -2.35. The van der Waals surface area contributed by atoms with Crippen molar-refractivity contribution in [3.8, 4) is 0 Å². The summed E-state index contributed by atoms with van der Waals surface area (Å²) >= 11 is 0. The smallest absolute Gasteiger partial charge is 0.344 e. The molecular weight excluding hydrogens is 344 g/mol. The number of amides is 2. The van der Waals surface area contributed by atoms with E-state index in [1.54, 1.807) is 5.06 Å². The van der Waals surface area contributed by atoms with Crippen molar-refractivity contribution in [2.75, 3.05) is 6.54 Å². The van der Waals surface area contributed by atoms with E-state index in [2.05, 4.69) is 5.16 Å². The molecule has 2 N–H and O–H groups in total. The van der Waals surface area contributed by atoms with Crippen LogP contribution in [-0.4, -0.2) is 39.8 Å². The van der Waals surface area contributed by atoms with E-state index < -0.39 is 0 Å². The monoisotopic (exact) mass is 368 g/mol. The first-order chi connectivity index (χ1) is 13.2. The van der Waals surface area contributed by atoms with Gasteiger partial charge >= 0.3 is 6.03 Å². The third-order valence-corrected chi connectivity index (χ3v) is 6.00. The Labute approximate surface area is 158 Å². The predicted octanol–water partition coefficient (Wildman–Crippen LogP) is 2.95. The van der Waals surface area contributed by atoms with E-state index in [-0.39, 0.29) is 24.2 Å². The molecule has 7 nitrogen and oxygen atoms in total. The van der Waals surface area contributed by atoms with Crippen LogP contribution in [0.4, 0.5) is 4.79 Å². The Morgan fingerprint density at radius 3 is 2.81 bits per heavy atom. The number of urea groups is 1. The topological polar surface area (TPSA) is 84.8 Å². The second kappa shape index (κ2) is 6.65. The van der Waals surface area contributed by atoms with Crippen molar-refractivity contribution in [1.29, 1.82) is 0 Å². The molecule has 3 aliphatic rings. The number of hydrogen-bond acceptors (Lipinski definition) is 5. The van der Waals surface area contributed by atoms with E-state index >= 15 is 0 Å². The van der Waals surface area contributed by atoms with Gasteiger partial charge < -0.3 is 15.2 Å². The minimum absolute atomic E-state index is 0.0367. The first-order valence-electron chi connectivity index (χ1n) is 9.68. The average Bonchev–Trinajstić information content (AvgIpc) is 3.23. The SMILES string of the molecule is N[C@H]1C[C@@H](c2cc([C@@H]3CC[C@@H]4CN3C(=O)N4OCc3ccccc3)no2)C1. The lowest BCUT2D eigenvalue weighted by atomic mass is 9.79. The number of carbonyl (C=O) groups is 1. The fraction of sp³-hybridized carbons (Fsp3) is 0.500. The van der Waals surface area contributed by atoms with Gasteiger partial charge in [-0.1, -0.05) is 35.5 Å². The fourth-order valence-corrected chi connectivity index (χ4v) is 4.37. The molecular formula is C20H24N4O3. The second-order valence-electron chi connectivity index (χ2n) is 7.85. The molecule has 3 heterocycles. The molecule has 0 spiro atoms. The number of nitrogens with two attached hydrogens (primary N) is 1. The Hall–Kier alpha value is -2.38.